The molecule has 0 unspecified atom stereocenters. The minimum absolute atomic E-state index is 0.182. The molecule has 1 N–H and O–H groups in total. The summed E-state index contributed by atoms with van der Waals surface area (Å²) in [6.07, 6.45) is 0.259. The molecule has 3 heterocycles. The number of rotatable bonds is 8. The zero-order valence-corrected chi connectivity index (χ0v) is 22.3. The molecule has 0 spiro atoms. The topological polar surface area (TPSA) is 98.5 Å². The number of hydrogen-bond acceptors (Lipinski definition) is 8. The lowest BCUT2D eigenvalue weighted by Crippen LogP contribution is -2.12. The number of nitrogens with zero attached hydrogens (tertiary/aromatic N) is 4. The Bertz CT molecular complexity index is 1610. The Kier molecular flexibility index (Phi) is 7.20. The number of thioether (sulfide) groups is 1. The molecule has 0 aliphatic heterocycles. The number of carbonyl (C=O) groups excluding carboxylic acids is 2. The molecule has 5 rings (SSSR count). The third-order valence-corrected chi connectivity index (χ3v) is 7.88. The van der Waals surface area contributed by atoms with E-state index in [1.54, 1.807) is 6.92 Å². The highest BCUT2D eigenvalue weighted by Gasteiger charge is 2.19. The Balaban J connectivity index is 1.20. The standard InChI is InChI=1S/C27H25N5O3S2/c1-16-8-7-11-20-17(2)14-21-30-31-27(32(21)23(16)20)36-13-12-22(33)29-26-28-18(3)24(37-26)25(34)35-15-19-9-5-4-6-10-19/h4-11,14H,12-13,15H2,1-3H3,(H,28,29,33). The Morgan fingerprint density at radius 1 is 1.03 bits per heavy atom. The molecular weight excluding hydrogens is 506 g/mol. The predicted molar refractivity (Wildman–Crippen MR) is 146 cm³/mol. The van der Waals surface area contributed by atoms with Gasteiger partial charge in [-0.25, -0.2) is 9.78 Å². The van der Waals surface area contributed by atoms with E-state index in [1.165, 1.54) is 11.8 Å². The molecule has 8 nitrogen and oxygen atoms in total. The van der Waals surface area contributed by atoms with E-state index in [2.05, 4.69) is 50.9 Å². The lowest BCUT2D eigenvalue weighted by atomic mass is 10.1. The smallest absolute Gasteiger partial charge is 0.350 e. The fourth-order valence-electron chi connectivity index (χ4n) is 4.07. The molecule has 3 aromatic heterocycles. The Hall–Kier alpha value is -3.76. The molecule has 2 aromatic carbocycles. The van der Waals surface area contributed by atoms with Crippen LogP contribution in [0.5, 0.6) is 0 Å². The van der Waals surface area contributed by atoms with Gasteiger partial charge in [-0.1, -0.05) is 71.6 Å². The minimum atomic E-state index is -0.452. The first-order valence-electron chi connectivity index (χ1n) is 11.8. The number of aromatic nitrogens is 4. The van der Waals surface area contributed by atoms with Crippen LogP contribution >= 0.6 is 23.1 Å². The number of esters is 1. The van der Waals surface area contributed by atoms with Gasteiger partial charge in [0.2, 0.25) is 5.91 Å². The van der Waals surface area contributed by atoms with Gasteiger partial charge < -0.3 is 10.1 Å². The molecule has 0 fully saturated rings. The molecule has 0 saturated heterocycles. The van der Waals surface area contributed by atoms with Gasteiger partial charge in [-0.05, 0) is 43.5 Å². The number of hydrogen-bond donors (Lipinski definition) is 1. The first-order valence-corrected chi connectivity index (χ1v) is 13.6. The van der Waals surface area contributed by atoms with Crippen molar-refractivity contribution in [1.82, 2.24) is 19.6 Å². The summed E-state index contributed by atoms with van der Waals surface area (Å²) in [5.41, 5.74) is 5.60. The van der Waals surface area contributed by atoms with Gasteiger partial charge in [-0.2, -0.15) is 0 Å². The summed E-state index contributed by atoms with van der Waals surface area (Å²) in [5.74, 6) is -0.119. The monoisotopic (exact) mass is 531 g/mol. The summed E-state index contributed by atoms with van der Waals surface area (Å²) in [5, 5.41) is 13.8. The van der Waals surface area contributed by atoms with E-state index in [1.807, 2.05) is 42.5 Å². The Morgan fingerprint density at radius 2 is 1.84 bits per heavy atom. The van der Waals surface area contributed by atoms with Gasteiger partial charge in [-0.15, -0.1) is 10.2 Å². The van der Waals surface area contributed by atoms with Gasteiger partial charge in [0.1, 0.15) is 11.5 Å². The van der Waals surface area contributed by atoms with E-state index in [4.69, 9.17) is 4.74 Å². The summed E-state index contributed by atoms with van der Waals surface area (Å²) in [6.45, 7) is 6.06. The second-order valence-electron chi connectivity index (χ2n) is 8.62. The van der Waals surface area contributed by atoms with Crippen LogP contribution in [0.2, 0.25) is 0 Å². The third kappa shape index (κ3) is 5.35. The van der Waals surface area contributed by atoms with Crippen molar-refractivity contribution in [1.29, 1.82) is 0 Å². The maximum Gasteiger partial charge on any atom is 0.350 e. The lowest BCUT2D eigenvalue weighted by molar-refractivity contribution is -0.115. The summed E-state index contributed by atoms with van der Waals surface area (Å²) in [7, 11) is 0. The lowest BCUT2D eigenvalue weighted by Gasteiger charge is -2.10. The molecule has 1 amide bonds. The summed E-state index contributed by atoms with van der Waals surface area (Å²) < 4.78 is 7.45. The molecule has 0 saturated carbocycles. The molecule has 188 valence electrons. The summed E-state index contributed by atoms with van der Waals surface area (Å²) >= 11 is 2.60. The van der Waals surface area contributed by atoms with Crippen molar-refractivity contribution in [3.05, 3.63) is 81.9 Å². The number of carbonyl (C=O) groups is 2. The van der Waals surface area contributed by atoms with Crippen LogP contribution in [0, 0.1) is 20.8 Å². The van der Waals surface area contributed by atoms with Crippen molar-refractivity contribution in [2.45, 2.75) is 39.0 Å². The highest BCUT2D eigenvalue weighted by Crippen LogP contribution is 2.28. The van der Waals surface area contributed by atoms with E-state index in [-0.39, 0.29) is 18.9 Å². The van der Waals surface area contributed by atoms with Crippen LogP contribution in [-0.2, 0) is 16.1 Å². The number of benzene rings is 2. The average Bonchev–Trinajstić information content (AvgIpc) is 3.46. The van der Waals surface area contributed by atoms with Gasteiger partial charge in [0, 0.05) is 17.6 Å². The average molecular weight is 532 g/mol. The van der Waals surface area contributed by atoms with E-state index in [9.17, 15) is 9.59 Å². The highest BCUT2D eigenvalue weighted by atomic mass is 32.2. The fraction of sp³-hybridized carbons (Fsp3) is 0.222. The van der Waals surface area contributed by atoms with E-state index in [0.29, 0.717) is 21.5 Å². The molecule has 10 heteroatoms. The summed E-state index contributed by atoms with van der Waals surface area (Å²) in [4.78, 5) is 29.8. The first kappa shape index (κ1) is 24.9. The number of ether oxygens (including phenoxy) is 1. The molecule has 0 aliphatic carbocycles. The van der Waals surface area contributed by atoms with Gasteiger partial charge in [0.25, 0.3) is 0 Å². The van der Waals surface area contributed by atoms with Crippen molar-refractivity contribution in [3.63, 3.8) is 0 Å². The number of nitrogens with one attached hydrogen (secondary N) is 1. The molecule has 0 atom stereocenters. The molecule has 0 aliphatic rings. The number of aryl methyl sites for hydroxylation is 3. The molecular formula is C27H25N5O3S2. The molecule has 0 radical (unpaired) electrons. The second kappa shape index (κ2) is 10.7. The van der Waals surface area contributed by atoms with E-state index in [0.717, 1.165) is 49.7 Å². The maximum absolute atomic E-state index is 12.6. The maximum atomic E-state index is 12.6. The van der Waals surface area contributed by atoms with E-state index < -0.39 is 5.97 Å². The quantitative estimate of drug-likeness (QED) is 0.201. The van der Waals surface area contributed by atoms with Gasteiger partial charge in [-0.3, -0.25) is 9.20 Å². The van der Waals surface area contributed by atoms with Gasteiger partial charge >= 0.3 is 5.97 Å². The number of amides is 1. The van der Waals surface area contributed by atoms with Crippen LogP contribution in [-0.4, -0.2) is 37.2 Å². The number of pyridine rings is 1. The normalized spacial score (nSPS) is 11.2. The van der Waals surface area contributed by atoms with Crippen LogP contribution in [0.15, 0.2) is 59.8 Å². The first-order chi connectivity index (χ1) is 17.9. The fourth-order valence-corrected chi connectivity index (χ4v) is 5.83. The van der Waals surface area contributed by atoms with Crippen LogP contribution in [0.4, 0.5) is 5.13 Å². The molecule has 0 bridgehead atoms. The van der Waals surface area contributed by atoms with Crippen molar-refractivity contribution >= 4 is 56.7 Å². The van der Waals surface area contributed by atoms with Crippen LogP contribution in [0.1, 0.15) is 38.5 Å². The number of anilines is 1. The van der Waals surface area contributed by atoms with Gasteiger partial charge in [0.05, 0.1) is 11.2 Å². The number of thiazole rings is 1. The van der Waals surface area contributed by atoms with Crippen molar-refractivity contribution < 1.29 is 14.3 Å². The Morgan fingerprint density at radius 3 is 2.65 bits per heavy atom. The van der Waals surface area contributed by atoms with Crippen molar-refractivity contribution in [3.8, 4) is 0 Å². The predicted octanol–water partition coefficient (Wildman–Crippen LogP) is 5.74. The summed E-state index contributed by atoms with van der Waals surface area (Å²) in [6, 6.07) is 17.7. The van der Waals surface area contributed by atoms with Crippen LogP contribution < -0.4 is 5.32 Å². The molecule has 5 aromatic rings. The third-order valence-electron chi connectivity index (χ3n) is 5.89. The van der Waals surface area contributed by atoms with Crippen molar-refractivity contribution in [2.75, 3.05) is 11.1 Å². The number of para-hydroxylation sites is 1. The van der Waals surface area contributed by atoms with Crippen LogP contribution in [0.25, 0.3) is 16.6 Å². The largest absolute Gasteiger partial charge is 0.457 e. The Labute approximate surface area is 222 Å². The number of fused-ring (bicyclic) bond motifs is 3. The highest BCUT2D eigenvalue weighted by molar-refractivity contribution is 7.99. The van der Waals surface area contributed by atoms with Crippen LogP contribution in [0.3, 0.4) is 0 Å². The minimum Gasteiger partial charge on any atom is -0.457 e. The van der Waals surface area contributed by atoms with Crippen molar-refractivity contribution in [2.24, 2.45) is 0 Å². The van der Waals surface area contributed by atoms with Gasteiger partial charge in [0.15, 0.2) is 15.9 Å². The zero-order valence-electron chi connectivity index (χ0n) is 20.6. The zero-order chi connectivity index (χ0) is 25.9. The SMILES string of the molecule is Cc1nc(NC(=O)CCSc2nnc3cc(C)c4cccc(C)c4n23)sc1C(=O)OCc1ccccc1. The van der Waals surface area contributed by atoms with E-state index >= 15 is 0 Å². The second-order valence-corrected chi connectivity index (χ2v) is 10.7. The molecule has 37 heavy (non-hydrogen) atoms.